The number of hydrogen-bond donors (Lipinski definition) is 2. The van der Waals surface area contributed by atoms with Crippen molar-refractivity contribution in [3.63, 3.8) is 0 Å². The number of carboxylic acid groups (broad SMARTS) is 1. The Labute approximate surface area is 109 Å². The van der Waals surface area contributed by atoms with E-state index in [1.165, 1.54) is 6.20 Å². The van der Waals surface area contributed by atoms with Gasteiger partial charge >= 0.3 is 5.97 Å². The Balaban J connectivity index is 2.00. The van der Waals surface area contributed by atoms with Crippen LogP contribution in [0.5, 0.6) is 0 Å². The van der Waals surface area contributed by atoms with E-state index in [1.54, 1.807) is 0 Å². The number of carbonyl (C=O) groups excluding carboxylic acids is 1. The molecule has 0 atom stereocenters. The summed E-state index contributed by atoms with van der Waals surface area (Å²) < 4.78 is 3.64. The maximum atomic E-state index is 11.9. The van der Waals surface area contributed by atoms with E-state index in [9.17, 15) is 14.7 Å². The molecule has 0 bridgehead atoms. The molecule has 1 aromatic heterocycles. The van der Waals surface area contributed by atoms with Crippen LogP contribution in [-0.4, -0.2) is 26.6 Å². The van der Waals surface area contributed by atoms with E-state index < -0.39 is 11.4 Å². The fraction of sp³-hybridized carbons (Fsp3) is 0.636. The molecule has 1 aliphatic rings. The van der Waals surface area contributed by atoms with Gasteiger partial charge in [-0.1, -0.05) is 23.8 Å². The Kier molecular flexibility index (Phi) is 3.90. The first-order valence-electron chi connectivity index (χ1n) is 5.93. The highest BCUT2D eigenvalue weighted by Gasteiger charge is 2.41. The van der Waals surface area contributed by atoms with Crippen LogP contribution in [0.4, 0.5) is 5.00 Å². The third-order valence-corrected chi connectivity index (χ3v) is 3.97. The zero-order valence-electron chi connectivity index (χ0n) is 9.89. The molecule has 2 N–H and O–H groups in total. The largest absolute Gasteiger partial charge is 0.481 e. The average Bonchev–Trinajstić information content (AvgIpc) is 2.82. The van der Waals surface area contributed by atoms with Crippen molar-refractivity contribution in [1.29, 1.82) is 0 Å². The van der Waals surface area contributed by atoms with Gasteiger partial charge in [0.1, 0.15) is 5.00 Å². The summed E-state index contributed by atoms with van der Waals surface area (Å²) in [6, 6.07) is 0. The fourth-order valence-electron chi connectivity index (χ4n) is 2.41. The SMILES string of the molecule is O=C(CC1(C(=O)O)CCCCC1)Nc1cnns1. The quantitative estimate of drug-likeness (QED) is 0.871. The molecule has 1 amide bonds. The number of carboxylic acids is 1. The van der Waals surface area contributed by atoms with Gasteiger partial charge in [-0.15, -0.1) is 5.10 Å². The second-order valence-corrected chi connectivity index (χ2v) is 5.44. The Hall–Kier alpha value is -1.50. The van der Waals surface area contributed by atoms with Crippen LogP contribution >= 0.6 is 11.5 Å². The van der Waals surface area contributed by atoms with Crippen molar-refractivity contribution >= 4 is 28.4 Å². The molecule has 6 nitrogen and oxygen atoms in total. The van der Waals surface area contributed by atoms with Crippen molar-refractivity contribution in [1.82, 2.24) is 9.59 Å². The molecule has 7 heteroatoms. The van der Waals surface area contributed by atoms with E-state index >= 15 is 0 Å². The number of anilines is 1. The molecule has 1 aliphatic carbocycles. The summed E-state index contributed by atoms with van der Waals surface area (Å²) in [4.78, 5) is 23.3. The van der Waals surface area contributed by atoms with Gasteiger partial charge in [-0.05, 0) is 12.8 Å². The molecule has 1 heterocycles. The number of nitrogens with zero attached hydrogens (tertiary/aromatic N) is 2. The lowest BCUT2D eigenvalue weighted by molar-refractivity contribution is -0.153. The standard InChI is InChI=1S/C11H15N3O3S/c15-8(13-9-7-12-14-18-9)6-11(10(16)17)4-2-1-3-5-11/h7H,1-6H2,(H,13,15)(H,16,17). The molecule has 98 valence electrons. The van der Waals surface area contributed by atoms with Crippen LogP contribution in [0.2, 0.25) is 0 Å². The second-order valence-electron chi connectivity index (χ2n) is 4.65. The topological polar surface area (TPSA) is 92.2 Å². The fourth-order valence-corrected chi connectivity index (χ4v) is 2.84. The van der Waals surface area contributed by atoms with E-state index in [1.807, 2.05) is 0 Å². The van der Waals surface area contributed by atoms with Crippen molar-refractivity contribution in [3.05, 3.63) is 6.20 Å². The summed E-state index contributed by atoms with van der Waals surface area (Å²) in [6.45, 7) is 0. The van der Waals surface area contributed by atoms with E-state index in [-0.39, 0.29) is 12.3 Å². The minimum atomic E-state index is -0.888. The van der Waals surface area contributed by atoms with Crippen molar-refractivity contribution < 1.29 is 14.7 Å². The molecule has 0 unspecified atom stereocenters. The van der Waals surface area contributed by atoms with Crippen LogP contribution in [0.25, 0.3) is 0 Å². The zero-order chi connectivity index (χ0) is 13.0. The van der Waals surface area contributed by atoms with Crippen LogP contribution in [0.1, 0.15) is 38.5 Å². The molecule has 0 aromatic carbocycles. The molecule has 1 fully saturated rings. The minimum Gasteiger partial charge on any atom is -0.481 e. The number of aliphatic carboxylic acids is 1. The number of nitrogens with one attached hydrogen (secondary N) is 1. The third kappa shape index (κ3) is 2.84. The molecular weight excluding hydrogens is 254 g/mol. The summed E-state index contributed by atoms with van der Waals surface area (Å²) in [7, 11) is 0. The Morgan fingerprint density at radius 3 is 2.67 bits per heavy atom. The van der Waals surface area contributed by atoms with Crippen molar-refractivity contribution in [2.75, 3.05) is 5.32 Å². The Morgan fingerprint density at radius 2 is 2.11 bits per heavy atom. The lowest BCUT2D eigenvalue weighted by atomic mass is 9.71. The molecule has 2 rings (SSSR count). The molecule has 1 aromatic rings. The second kappa shape index (κ2) is 5.43. The van der Waals surface area contributed by atoms with Crippen molar-refractivity contribution in [2.24, 2.45) is 5.41 Å². The smallest absolute Gasteiger partial charge is 0.310 e. The predicted octanol–water partition coefficient (Wildman–Crippen LogP) is 1.90. The van der Waals surface area contributed by atoms with Crippen molar-refractivity contribution in [3.8, 4) is 0 Å². The van der Waals surface area contributed by atoms with Crippen LogP contribution < -0.4 is 5.32 Å². The maximum absolute atomic E-state index is 11.9. The lowest BCUT2D eigenvalue weighted by Gasteiger charge is -2.32. The van der Waals surface area contributed by atoms with Gasteiger partial charge in [0.05, 0.1) is 11.6 Å². The average molecular weight is 269 g/mol. The molecule has 0 saturated heterocycles. The zero-order valence-corrected chi connectivity index (χ0v) is 10.7. The van der Waals surface area contributed by atoms with Crippen LogP contribution in [0.15, 0.2) is 6.20 Å². The maximum Gasteiger partial charge on any atom is 0.310 e. The first kappa shape index (κ1) is 12.9. The highest BCUT2D eigenvalue weighted by atomic mass is 32.1. The van der Waals surface area contributed by atoms with Crippen LogP contribution in [-0.2, 0) is 9.59 Å². The molecule has 1 saturated carbocycles. The molecule has 0 spiro atoms. The number of amides is 1. The van der Waals surface area contributed by atoms with Gasteiger partial charge in [-0.2, -0.15) is 0 Å². The number of carbonyl (C=O) groups is 2. The van der Waals surface area contributed by atoms with Gasteiger partial charge in [0.25, 0.3) is 0 Å². The lowest BCUT2D eigenvalue weighted by Crippen LogP contribution is -2.37. The Bertz CT molecular complexity index is 427. The van der Waals surface area contributed by atoms with Gasteiger partial charge in [-0.25, -0.2) is 0 Å². The highest BCUT2D eigenvalue weighted by molar-refractivity contribution is 7.10. The van der Waals surface area contributed by atoms with Gasteiger partial charge in [0.15, 0.2) is 0 Å². The van der Waals surface area contributed by atoms with Crippen LogP contribution in [0.3, 0.4) is 0 Å². The van der Waals surface area contributed by atoms with Gasteiger partial charge in [-0.3, -0.25) is 9.59 Å². The Morgan fingerprint density at radius 1 is 1.39 bits per heavy atom. The predicted molar refractivity (Wildman–Crippen MR) is 66.3 cm³/mol. The number of hydrogen-bond acceptors (Lipinski definition) is 5. The summed E-state index contributed by atoms with van der Waals surface area (Å²) >= 11 is 1.08. The molecule has 0 aliphatic heterocycles. The summed E-state index contributed by atoms with van der Waals surface area (Å²) in [6.07, 6.45) is 5.45. The van der Waals surface area contributed by atoms with E-state index in [2.05, 4.69) is 14.9 Å². The number of aromatic nitrogens is 2. The molecule has 0 radical (unpaired) electrons. The van der Waals surface area contributed by atoms with E-state index in [0.717, 1.165) is 30.8 Å². The summed E-state index contributed by atoms with van der Waals surface area (Å²) in [5.41, 5.74) is -0.888. The first-order valence-corrected chi connectivity index (χ1v) is 6.70. The van der Waals surface area contributed by atoms with Gasteiger partial charge < -0.3 is 10.4 Å². The number of rotatable bonds is 4. The van der Waals surface area contributed by atoms with E-state index in [4.69, 9.17) is 0 Å². The van der Waals surface area contributed by atoms with Gasteiger partial charge in [0, 0.05) is 18.0 Å². The third-order valence-electron chi connectivity index (χ3n) is 3.39. The van der Waals surface area contributed by atoms with Gasteiger partial charge in [0.2, 0.25) is 5.91 Å². The monoisotopic (exact) mass is 269 g/mol. The first-order chi connectivity index (χ1) is 8.62. The van der Waals surface area contributed by atoms with Crippen molar-refractivity contribution in [2.45, 2.75) is 38.5 Å². The molecular formula is C11H15N3O3S. The minimum absolute atomic E-state index is 0.0280. The summed E-state index contributed by atoms with van der Waals surface area (Å²) in [5.74, 6) is -1.13. The normalized spacial score (nSPS) is 18.2. The van der Waals surface area contributed by atoms with E-state index in [0.29, 0.717) is 17.8 Å². The highest BCUT2D eigenvalue weighted by Crippen LogP contribution is 2.39. The van der Waals surface area contributed by atoms with Crippen LogP contribution in [0, 0.1) is 5.41 Å². The summed E-state index contributed by atoms with van der Waals surface area (Å²) in [5, 5.41) is 16.2. The molecule has 18 heavy (non-hydrogen) atoms.